The average molecular weight is 393 g/mol. The molecule has 4 aliphatic rings. The highest BCUT2D eigenvalue weighted by Gasteiger charge is 2.85. The van der Waals surface area contributed by atoms with Gasteiger partial charge in [0.1, 0.15) is 0 Å². The Morgan fingerprint density at radius 2 is 1.21 bits per heavy atom. The standard InChI is InChI=1S/C23H25ClN4/c1-5-15-16(6-2)23(8-4)19-17(9-10-18(19)24)22(15,7-3)20(11-25,12-26)21(23,13-27)14-28/h9-10,17-19H,5-8H2,1-4H3/t17-,18-,19-,22-,23+/m1/s1. The minimum Gasteiger partial charge on any atom is -0.196 e. The van der Waals surface area contributed by atoms with E-state index < -0.39 is 21.7 Å². The van der Waals surface area contributed by atoms with Crippen LogP contribution < -0.4 is 0 Å². The molecule has 0 N–H and O–H groups in total. The van der Waals surface area contributed by atoms with Gasteiger partial charge in [-0.1, -0.05) is 51.0 Å². The molecule has 144 valence electrons. The Morgan fingerprint density at radius 3 is 1.61 bits per heavy atom. The van der Waals surface area contributed by atoms with Gasteiger partial charge in [0, 0.05) is 10.8 Å². The summed E-state index contributed by atoms with van der Waals surface area (Å²) in [6, 6.07) is 9.04. The average Bonchev–Trinajstić information content (AvgIpc) is 3.14. The molecule has 0 aromatic carbocycles. The van der Waals surface area contributed by atoms with Gasteiger partial charge >= 0.3 is 0 Å². The highest BCUT2D eigenvalue weighted by molar-refractivity contribution is 6.22. The van der Waals surface area contributed by atoms with Gasteiger partial charge in [0.25, 0.3) is 0 Å². The van der Waals surface area contributed by atoms with Crippen molar-refractivity contribution in [2.75, 3.05) is 0 Å². The Bertz CT molecular complexity index is 906. The van der Waals surface area contributed by atoms with Gasteiger partial charge < -0.3 is 0 Å². The van der Waals surface area contributed by atoms with E-state index in [-0.39, 0.29) is 17.2 Å². The molecule has 0 amide bonds. The Balaban J connectivity index is 2.70. The molecule has 4 nitrogen and oxygen atoms in total. The van der Waals surface area contributed by atoms with Crippen molar-refractivity contribution in [2.45, 2.75) is 58.8 Å². The molecule has 0 heterocycles. The van der Waals surface area contributed by atoms with Crippen molar-refractivity contribution in [1.29, 1.82) is 21.0 Å². The number of nitriles is 4. The SMILES string of the molecule is CCC1=C(CC)[C@]2(CC)[C@@H]3C=C[C@@H](Cl)[C@@H]3[C@@]1(CC)C(C#N)(C#N)C2(C#N)C#N. The summed E-state index contributed by atoms with van der Waals surface area (Å²) in [5, 5.41) is 41.6. The van der Waals surface area contributed by atoms with Crippen molar-refractivity contribution in [1.82, 2.24) is 0 Å². The zero-order valence-corrected chi connectivity index (χ0v) is 17.6. The Hall–Kier alpha value is -2.27. The van der Waals surface area contributed by atoms with Crippen LogP contribution >= 0.6 is 11.6 Å². The first kappa shape index (κ1) is 20.5. The van der Waals surface area contributed by atoms with Crippen LogP contribution in [0.3, 0.4) is 0 Å². The lowest BCUT2D eigenvalue weighted by atomic mass is 9.26. The lowest BCUT2D eigenvalue weighted by Crippen LogP contribution is -2.73. The van der Waals surface area contributed by atoms with E-state index in [2.05, 4.69) is 37.3 Å². The van der Waals surface area contributed by atoms with Crippen LogP contribution in [0.4, 0.5) is 0 Å². The minimum absolute atomic E-state index is 0.126. The van der Waals surface area contributed by atoms with E-state index in [9.17, 15) is 21.0 Å². The third-order valence-electron chi connectivity index (χ3n) is 8.21. The number of hydrogen-bond donors (Lipinski definition) is 0. The topological polar surface area (TPSA) is 95.2 Å². The molecule has 0 aromatic rings. The summed E-state index contributed by atoms with van der Waals surface area (Å²) in [5.74, 6) is -0.294. The van der Waals surface area contributed by atoms with Crippen molar-refractivity contribution in [3.8, 4) is 24.3 Å². The smallest absolute Gasteiger partial charge is 0.186 e. The molecular formula is C23H25ClN4. The predicted octanol–water partition coefficient (Wildman–Crippen LogP) is 5.40. The minimum atomic E-state index is -1.77. The van der Waals surface area contributed by atoms with Gasteiger partial charge in [-0.05, 0) is 37.5 Å². The fourth-order valence-corrected chi connectivity index (χ4v) is 8.00. The van der Waals surface area contributed by atoms with E-state index in [1.165, 1.54) is 0 Å². The second kappa shape index (κ2) is 6.38. The highest BCUT2D eigenvalue weighted by atomic mass is 35.5. The van der Waals surface area contributed by atoms with Crippen LogP contribution in [-0.4, -0.2) is 5.38 Å². The Labute approximate surface area is 172 Å². The zero-order chi connectivity index (χ0) is 21.0. The maximum atomic E-state index is 10.5. The van der Waals surface area contributed by atoms with Crippen LogP contribution in [0.15, 0.2) is 23.3 Å². The Morgan fingerprint density at radius 1 is 0.786 bits per heavy atom. The van der Waals surface area contributed by atoms with E-state index >= 15 is 0 Å². The summed E-state index contributed by atoms with van der Waals surface area (Å²) in [4.78, 5) is 0. The molecule has 1 saturated carbocycles. The third kappa shape index (κ3) is 1.59. The highest BCUT2D eigenvalue weighted by Crippen LogP contribution is 2.82. The number of hydrogen-bond acceptors (Lipinski definition) is 4. The summed E-state index contributed by atoms with van der Waals surface area (Å²) in [7, 11) is 0. The van der Waals surface area contributed by atoms with Gasteiger partial charge in [0.15, 0.2) is 10.8 Å². The van der Waals surface area contributed by atoms with E-state index in [1.54, 1.807) is 0 Å². The molecule has 0 unspecified atom stereocenters. The second-order valence-electron chi connectivity index (χ2n) is 8.14. The number of halogens is 1. The molecule has 0 saturated heterocycles. The maximum Gasteiger partial charge on any atom is 0.186 e. The predicted molar refractivity (Wildman–Crippen MR) is 106 cm³/mol. The molecule has 4 aliphatic carbocycles. The molecular weight excluding hydrogens is 368 g/mol. The first-order valence-electron chi connectivity index (χ1n) is 10.1. The van der Waals surface area contributed by atoms with Gasteiger partial charge in [-0.2, -0.15) is 21.0 Å². The van der Waals surface area contributed by atoms with Crippen LogP contribution in [0.1, 0.15) is 53.4 Å². The molecule has 2 bridgehead atoms. The van der Waals surface area contributed by atoms with Crippen LogP contribution in [0.5, 0.6) is 0 Å². The third-order valence-corrected chi connectivity index (χ3v) is 8.62. The second-order valence-corrected chi connectivity index (χ2v) is 8.65. The molecule has 5 atom stereocenters. The fraction of sp³-hybridized carbons (Fsp3) is 0.652. The monoisotopic (exact) mass is 392 g/mol. The van der Waals surface area contributed by atoms with Gasteiger partial charge in [-0.3, -0.25) is 0 Å². The van der Waals surface area contributed by atoms with E-state index in [4.69, 9.17) is 11.6 Å². The largest absolute Gasteiger partial charge is 0.196 e. The van der Waals surface area contributed by atoms with Crippen LogP contribution in [0, 0.1) is 78.8 Å². The number of alkyl halides is 1. The van der Waals surface area contributed by atoms with Crippen molar-refractivity contribution < 1.29 is 0 Å². The normalized spacial score (nSPS) is 38.8. The van der Waals surface area contributed by atoms with Gasteiger partial charge in [0.2, 0.25) is 0 Å². The van der Waals surface area contributed by atoms with Crippen LogP contribution in [0.2, 0.25) is 0 Å². The molecule has 5 heteroatoms. The summed E-state index contributed by atoms with van der Waals surface area (Å²) >= 11 is 6.81. The number of fused-ring (bicyclic) bond motifs is 1. The number of nitrogens with zero attached hydrogens (tertiary/aromatic N) is 4. The summed E-state index contributed by atoms with van der Waals surface area (Å²) in [6.07, 6.45) is 6.39. The zero-order valence-electron chi connectivity index (χ0n) is 16.9. The van der Waals surface area contributed by atoms with Crippen LogP contribution in [-0.2, 0) is 0 Å². The summed E-state index contributed by atoms with van der Waals surface area (Å²) in [5.41, 5.74) is -3.13. The first-order valence-corrected chi connectivity index (χ1v) is 10.5. The van der Waals surface area contributed by atoms with Crippen molar-refractivity contribution in [3.05, 3.63) is 23.3 Å². The molecule has 0 spiro atoms. The Kier molecular flexibility index (Phi) is 4.66. The molecule has 0 aromatic heterocycles. The lowest BCUT2D eigenvalue weighted by molar-refractivity contribution is -0.145. The summed E-state index contributed by atoms with van der Waals surface area (Å²) < 4.78 is 0. The molecule has 1 fully saturated rings. The molecule has 0 radical (unpaired) electrons. The van der Waals surface area contributed by atoms with Gasteiger partial charge in [-0.15, -0.1) is 11.6 Å². The maximum absolute atomic E-state index is 10.5. The fourth-order valence-electron chi connectivity index (χ4n) is 7.55. The van der Waals surface area contributed by atoms with Crippen LogP contribution in [0.25, 0.3) is 0 Å². The molecule has 0 aliphatic heterocycles. The first-order chi connectivity index (χ1) is 13.4. The van der Waals surface area contributed by atoms with Gasteiger partial charge in [-0.25, -0.2) is 0 Å². The van der Waals surface area contributed by atoms with Crippen molar-refractivity contribution >= 4 is 11.6 Å². The number of rotatable bonds is 4. The molecule has 4 rings (SSSR count). The van der Waals surface area contributed by atoms with Crippen molar-refractivity contribution in [3.63, 3.8) is 0 Å². The number of allylic oxidation sites excluding steroid dienone is 4. The van der Waals surface area contributed by atoms with Gasteiger partial charge in [0.05, 0.1) is 29.7 Å². The van der Waals surface area contributed by atoms with E-state index in [0.717, 1.165) is 11.1 Å². The van der Waals surface area contributed by atoms with E-state index in [0.29, 0.717) is 25.7 Å². The molecule has 28 heavy (non-hydrogen) atoms. The van der Waals surface area contributed by atoms with E-state index in [1.807, 2.05) is 26.8 Å². The lowest BCUT2D eigenvalue weighted by Gasteiger charge is -2.71. The van der Waals surface area contributed by atoms with Crippen molar-refractivity contribution in [2.24, 2.45) is 33.5 Å². The quantitative estimate of drug-likeness (QED) is 0.472. The summed E-state index contributed by atoms with van der Waals surface area (Å²) in [6.45, 7) is 8.04.